The highest BCUT2D eigenvalue weighted by Gasteiger charge is 2.28. The Balaban J connectivity index is 2.49. The van der Waals surface area contributed by atoms with Crippen molar-refractivity contribution in [3.63, 3.8) is 0 Å². The Hall–Kier alpha value is -1.35. The minimum absolute atomic E-state index is 0.116. The van der Waals surface area contributed by atoms with Crippen LogP contribution in [0, 0.1) is 0 Å². The molecule has 1 atom stereocenters. The van der Waals surface area contributed by atoms with Crippen molar-refractivity contribution in [2.45, 2.75) is 39.4 Å². The number of amides is 1. The molecule has 0 radical (unpaired) electrons. The first-order chi connectivity index (χ1) is 7.61. The van der Waals surface area contributed by atoms with Crippen molar-refractivity contribution in [1.29, 1.82) is 0 Å². The molecule has 0 aromatic heterocycles. The van der Waals surface area contributed by atoms with Crippen molar-refractivity contribution in [3.8, 4) is 0 Å². The molecule has 2 rings (SSSR count). The van der Waals surface area contributed by atoms with Crippen molar-refractivity contribution in [2.24, 2.45) is 0 Å². The van der Waals surface area contributed by atoms with Gasteiger partial charge in [-0.2, -0.15) is 0 Å². The number of benzene rings is 1. The van der Waals surface area contributed by atoms with E-state index in [1.807, 2.05) is 43.9 Å². The molecule has 0 fully saturated rings. The van der Waals surface area contributed by atoms with Gasteiger partial charge in [-0.1, -0.05) is 18.2 Å². The van der Waals surface area contributed by atoms with Crippen molar-refractivity contribution in [1.82, 2.24) is 5.32 Å². The Labute approximate surface area is 96.5 Å². The minimum Gasteiger partial charge on any atom is -0.308 e. The van der Waals surface area contributed by atoms with Crippen LogP contribution >= 0.6 is 0 Å². The van der Waals surface area contributed by atoms with E-state index >= 15 is 0 Å². The third-order valence-corrected chi connectivity index (χ3v) is 2.97. The van der Waals surface area contributed by atoms with Gasteiger partial charge in [-0.3, -0.25) is 4.79 Å². The first-order valence-corrected chi connectivity index (χ1v) is 5.75. The zero-order valence-corrected chi connectivity index (χ0v) is 10.0. The molecule has 0 saturated heterocycles. The van der Waals surface area contributed by atoms with E-state index in [1.54, 1.807) is 0 Å². The SMILES string of the molecule is CC1NCc2ccccc2N(C(C)C)C1=O. The fourth-order valence-electron chi connectivity index (χ4n) is 2.11. The first-order valence-electron chi connectivity index (χ1n) is 5.75. The Morgan fingerprint density at radius 1 is 1.38 bits per heavy atom. The summed E-state index contributed by atoms with van der Waals surface area (Å²) in [6.07, 6.45) is 0. The number of nitrogens with one attached hydrogen (secondary N) is 1. The van der Waals surface area contributed by atoms with Gasteiger partial charge in [-0.15, -0.1) is 0 Å². The standard InChI is InChI=1S/C13H18N2O/c1-9(2)15-12-7-5-4-6-11(12)8-14-10(3)13(15)16/h4-7,9-10,14H,8H2,1-3H3. The molecule has 3 nitrogen and oxygen atoms in total. The van der Waals surface area contributed by atoms with E-state index in [0.29, 0.717) is 0 Å². The maximum Gasteiger partial charge on any atom is 0.244 e. The first kappa shape index (κ1) is 11.1. The van der Waals surface area contributed by atoms with Gasteiger partial charge in [0.15, 0.2) is 0 Å². The molecule has 16 heavy (non-hydrogen) atoms. The molecule has 0 spiro atoms. The molecule has 1 aliphatic heterocycles. The summed E-state index contributed by atoms with van der Waals surface area (Å²) < 4.78 is 0. The van der Waals surface area contributed by atoms with Crippen LogP contribution in [0.4, 0.5) is 5.69 Å². The van der Waals surface area contributed by atoms with E-state index in [2.05, 4.69) is 11.4 Å². The number of nitrogens with zero attached hydrogens (tertiary/aromatic N) is 1. The minimum atomic E-state index is -0.116. The topological polar surface area (TPSA) is 32.3 Å². The third-order valence-electron chi connectivity index (χ3n) is 2.97. The normalized spacial score (nSPS) is 20.9. The number of para-hydroxylation sites is 1. The summed E-state index contributed by atoms with van der Waals surface area (Å²) in [5.74, 6) is 0.153. The highest BCUT2D eigenvalue weighted by atomic mass is 16.2. The van der Waals surface area contributed by atoms with Crippen LogP contribution in [-0.4, -0.2) is 18.0 Å². The lowest BCUT2D eigenvalue weighted by atomic mass is 10.1. The van der Waals surface area contributed by atoms with E-state index in [-0.39, 0.29) is 18.0 Å². The molecular weight excluding hydrogens is 200 g/mol. The van der Waals surface area contributed by atoms with Gasteiger partial charge >= 0.3 is 0 Å². The molecule has 1 amide bonds. The number of carbonyl (C=O) groups is 1. The summed E-state index contributed by atoms with van der Waals surface area (Å²) in [4.78, 5) is 14.1. The molecule has 1 N–H and O–H groups in total. The van der Waals surface area contributed by atoms with E-state index in [9.17, 15) is 4.79 Å². The lowest BCUT2D eigenvalue weighted by Gasteiger charge is -2.28. The lowest BCUT2D eigenvalue weighted by Crippen LogP contribution is -2.45. The Kier molecular flexibility index (Phi) is 2.97. The molecule has 1 heterocycles. The average Bonchev–Trinajstić information content (AvgIpc) is 2.38. The van der Waals surface area contributed by atoms with Gasteiger partial charge in [0.1, 0.15) is 0 Å². The number of anilines is 1. The third kappa shape index (κ3) is 1.83. The quantitative estimate of drug-likeness (QED) is 0.781. The summed E-state index contributed by atoms with van der Waals surface area (Å²) in [6, 6.07) is 8.17. The zero-order valence-electron chi connectivity index (χ0n) is 10.0. The predicted octanol–water partition coefficient (Wildman–Crippen LogP) is 1.92. The van der Waals surface area contributed by atoms with Gasteiger partial charge in [0.2, 0.25) is 5.91 Å². The van der Waals surface area contributed by atoms with Gasteiger partial charge in [-0.05, 0) is 32.4 Å². The average molecular weight is 218 g/mol. The molecule has 0 bridgehead atoms. The highest BCUT2D eigenvalue weighted by molar-refractivity contribution is 5.98. The molecule has 1 aliphatic rings. The van der Waals surface area contributed by atoms with Gasteiger partial charge < -0.3 is 10.2 Å². The van der Waals surface area contributed by atoms with Crippen LogP contribution < -0.4 is 10.2 Å². The van der Waals surface area contributed by atoms with Crippen LogP contribution in [0.1, 0.15) is 26.3 Å². The number of hydrogen-bond acceptors (Lipinski definition) is 2. The van der Waals surface area contributed by atoms with Crippen molar-refractivity contribution >= 4 is 11.6 Å². The summed E-state index contributed by atoms with van der Waals surface area (Å²) in [6.45, 7) is 6.77. The van der Waals surface area contributed by atoms with Crippen LogP contribution in [0.25, 0.3) is 0 Å². The maximum absolute atomic E-state index is 12.2. The molecule has 1 unspecified atom stereocenters. The van der Waals surface area contributed by atoms with E-state index < -0.39 is 0 Å². The Morgan fingerprint density at radius 3 is 2.75 bits per heavy atom. The molecule has 86 valence electrons. The number of carbonyl (C=O) groups excluding carboxylic acids is 1. The second-order valence-electron chi connectivity index (χ2n) is 4.53. The van der Waals surface area contributed by atoms with E-state index in [1.165, 1.54) is 5.56 Å². The summed E-state index contributed by atoms with van der Waals surface area (Å²) in [5, 5.41) is 3.24. The molecule has 0 saturated carbocycles. The van der Waals surface area contributed by atoms with Gasteiger partial charge in [0.05, 0.1) is 6.04 Å². The summed E-state index contributed by atoms with van der Waals surface area (Å²) in [5.41, 5.74) is 2.23. The maximum atomic E-state index is 12.2. The number of fused-ring (bicyclic) bond motifs is 1. The Bertz CT molecular complexity index is 401. The van der Waals surface area contributed by atoms with Crippen LogP contribution in [0.15, 0.2) is 24.3 Å². The molecule has 1 aromatic rings. The largest absolute Gasteiger partial charge is 0.308 e. The van der Waals surface area contributed by atoms with E-state index in [0.717, 1.165) is 12.2 Å². The van der Waals surface area contributed by atoms with Gasteiger partial charge in [-0.25, -0.2) is 0 Å². The van der Waals surface area contributed by atoms with Crippen molar-refractivity contribution in [3.05, 3.63) is 29.8 Å². The second kappa shape index (κ2) is 4.26. The molecule has 3 heteroatoms. The van der Waals surface area contributed by atoms with Crippen molar-refractivity contribution in [2.75, 3.05) is 4.90 Å². The number of rotatable bonds is 1. The highest BCUT2D eigenvalue weighted by Crippen LogP contribution is 2.25. The van der Waals surface area contributed by atoms with Gasteiger partial charge in [0.25, 0.3) is 0 Å². The number of hydrogen-bond donors (Lipinski definition) is 1. The summed E-state index contributed by atoms with van der Waals surface area (Å²) in [7, 11) is 0. The summed E-state index contributed by atoms with van der Waals surface area (Å²) >= 11 is 0. The smallest absolute Gasteiger partial charge is 0.244 e. The molecular formula is C13H18N2O. The van der Waals surface area contributed by atoms with Crippen LogP contribution in [0.3, 0.4) is 0 Å². The molecule has 0 aliphatic carbocycles. The monoisotopic (exact) mass is 218 g/mol. The lowest BCUT2D eigenvalue weighted by molar-refractivity contribution is -0.120. The fraction of sp³-hybridized carbons (Fsp3) is 0.462. The molecule has 1 aromatic carbocycles. The predicted molar refractivity (Wildman–Crippen MR) is 65.4 cm³/mol. The van der Waals surface area contributed by atoms with Crippen LogP contribution in [0.2, 0.25) is 0 Å². The van der Waals surface area contributed by atoms with Crippen LogP contribution in [0.5, 0.6) is 0 Å². The van der Waals surface area contributed by atoms with Crippen molar-refractivity contribution < 1.29 is 4.79 Å². The van der Waals surface area contributed by atoms with Gasteiger partial charge in [0, 0.05) is 18.3 Å². The van der Waals surface area contributed by atoms with Crippen LogP contribution in [-0.2, 0) is 11.3 Å². The second-order valence-corrected chi connectivity index (χ2v) is 4.53. The zero-order chi connectivity index (χ0) is 11.7. The Morgan fingerprint density at radius 2 is 2.06 bits per heavy atom. The fourth-order valence-corrected chi connectivity index (χ4v) is 2.11. The van der Waals surface area contributed by atoms with E-state index in [4.69, 9.17) is 0 Å².